The number of amides is 3. The molecule has 44 heavy (non-hydrogen) atoms. The van der Waals surface area contributed by atoms with E-state index in [4.69, 9.17) is 4.74 Å². The van der Waals surface area contributed by atoms with Crippen molar-refractivity contribution in [3.8, 4) is 11.3 Å². The SMILES string of the molecule is CCCCCOC(=O)N1CCN(C(=O)[C@H](CCC(=O)O)NC(=O)c2cc(N3CCC[C@H](O)C3)cc(-c3ccccc3)n2)CC1. The number of carboxylic acids is 1. The summed E-state index contributed by atoms with van der Waals surface area (Å²) < 4.78 is 5.33. The predicted molar refractivity (Wildman–Crippen MR) is 164 cm³/mol. The minimum absolute atomic E-state index is 0.0881. The quantitative estimate of drug-likeness (QED) is 0.308. The van der Waals surface area contributed by atoms with Crippen molar-refractivity contribution in [3.05, 3.63) is 48.2 Å². The minimum atomic E-state index is -1.09. The Bertz CT molecular complexity index is 1280. The van der Waals surface area contributed by atoms with Crippen LogP contribution in [0.1, 0.15) is 62.4 Å². The van der Waals surface area contributed by atoms with E-state index in [-0.39, 0.29) is 44.7 Å². The molecule has 0 bridgehead atoms. The number of piperidine rings is 1. The minimum Gasteiger partial charge on any atom is -0.481 e. The number of anilines is 1. The number of unbranched alkanes of at least 4 members (excludes halogenated alkanes) is 2. The highest BCUT2D eigenvalue weighted by atomic mass is 16.6. The Balaban J connectivity index is 1.48. The van der Waals surface area contributed by atoms with Crippen LogP contribution in [0.15, 0.2) is 42.5 Å². The lowest BCUT2D eigenvalue weighted by Gasteiger charge is -2.36. The Hall–Kier alpha value is -4.19. The molecular weight excluding hydrogens is 566 g/mol. The third-order valence-electron chi connectivity index (χ3n) is 7.95. The number of carbonyl (C=O) groups is 4. The summed E-state index contributed by atoms with van der Waals surface area (Å²) in [6.45, 7) is 4.62. The molecule has 0 spiro atoms. The van der Waals surface area contributed by atoms with Crippen molar-refractivity contribution in [3.63, 3.8) is 0 Å². The van der Waals surface area contributed by atoms with E-state index in [1.807, 2.05) is 41.3 Å². The molecule has 1 aromatic heterocycles. The molecule has 0 saturated carbocycles. The van der Waals surface area contributed by atoms with Crippen LogP contribution in [-0.2, 0) is 14.3 Å². The van der Waals surface area contributed by atoms with Crippen molar-refractivity contribution >= 4 is 29.6 Å². The van der Waals surface area contributed by atoms with E-state index in [0.29, 0.717) is 31.8 Å². The number of aliphatic carboxylic acids is 1. The molecule has 4 rings (SSSR count). The van der Waals surface area contributed by atoms with Gasteiger partial charge in [0.1, 0.15) is 11.7 Å². The molecule has 2 aliphatic heterocycles. The van der Waals surface area contributed by atoms with Gasteiger partial charge in [0.2, 0.25) is 5.91 Å². The van der Waals surface area contributed by atoms with E-state index in [0.717, 1.165) is 36.9 Å². The van der Waals surface area contributed by atoms with Crippen molar-refractivity contribution in [2.75, 3.05) is 50.8 Å². The number of aliphatic hydroxyl groups excluding tert-OH is 1. The Kier molecular flexibility index (Phi) is 11.9. The highest BCUT2D eigenvalue weighted by Crippen LogP contribution is 2.27. The maximum absolute atomic E-state index is 13.6. The number of pyridine rings is 1. The fraction of sp³-hybridized carbons (Fsp3) is 0.531. The van der Waals surface area contributed by atoms with Crippen molar-refractivity contribution in [2.24, 2.45) is 0 Å². The van der Waals surface area contributed by atoms with Crippen LogP contribution in [0.25, 0.3) is 11.3 Å². The van der Waals surface area contributed by atoms with E-state index in [2.05, 4.69) is 17.2 Å². The molecular formula is C32H43N5O7. The first kappa shape index (κ1) is 32.7. The highest BCUT2D eigenvalue weighted by Gasteiger charge is 2.31. The van der Waals surface area contributed by atoms with Gasteiger partial charge in [0.15, 0.2) is 0 Å². The molecule has 3 N–H and O–H groups in total. The van der Waals surface area contributed by atoms with Gasteiger partial charge in [-0.15, -0.1) is 0 Å². The van der Waals surface area contributed by atoms with Crippen molar-refractivity contribution in [1.82, 2.24) is 20.1 Å². The van der Waals surface area contributed by atoms with Gasteiger partial charge < -0.3 is 35.0 Å². The largest absolute Gasteiger partial charge is 0.481 e. The second-order valence-corrected chi connectivity index (χ2v) is 11.3. The predicted octanol–water partition coefficient (Wildman–Crippen LogP) is 3.14. The zero-order valence-corrected chi connectivity index (χ0v) is 25.3. The molecule has 2 fully saturated rings. The third-order valence-corrected chi connectivity index (χ3v) is 7.95. The number of carboxylic acid groups (broad SMARTS) is 1. The van der Waals surface area contributed by atoms with Crippen molar-refractivity contribution in [1.29, 1.82) is 0 Å². The molecule has 2 aliphatic rings. The number of piperazine rings is 1. The summed E-state index contributed by atoms with van der Waals surface area (Å²) in [4.78, 5) is 60.7. The Morgan fingerprint density at radius 2 is 1.75 bits per heavy atom. The number of nitrogens with one attached hydrogen (secondary N) is 1. The van der Waals surface area contributed by atoms with Crippen LogP contribution < -0.4 is 10.2 Å². The first-order valence-corrected chi connectivity index (χ1v) is 15.5. The number of benzene rings is 1. The van der Waals surface area contributed by atoms with Crippen LogP contribution in [0.5, 0.6) is 0 Å². The molecule has 3 amide bonds. The van der Waals surface area contributed by atoms with Crippen LogP contribution in [0.4, 0.5) is 10.5 Å². The molecule has 12 heteroatoms. The highest BCUT2D eigenvalue weighted by molar-refractivity contribution is 5.97. The Morgan fingerprint density at radius 1 is 1.02 bits per heavy atom. The number of ether oxygens (including phenoxy) is 1. The average Bonchev–Trinajstić information content (AvgIpc) is 3.04. The van der Waals surface area contributed by atoms with Crippen LogP contribution in [0.3, 0.4) is 0 Å². The Labute approximate surface area is 258 Å². The van der Waals surface area contributed by atoms with Gasteiger partial charge >= 0.3 is 12.1 Å². The number of hydrogen-bond donors (Lipinski definition) is 3. The van der Waals surface area contributed by atoms with Gasteiger partial charge in [0, 0.05) is 56.9 Å². The van der Waals surface area contributed by atoms with Gasteiger partial charge in [0.05, 0.1) is 18.4 Å². The third kappa shape index (κ3) is 9.15. The first-order chi connectivity index (χ1) is 21.2. The monoisotopic (exact) mass is 609 g/mol. The standard InChI is InChI=1S/C32H43N5O7/c1-2-3-7-19-44-32(43)36-17-15-35(16-18-36)31(42)26(12-13-29(39)40)34-30(41)28-21-24(37-14-8-11-25(38)22-37)20-27(33-28)23-9-5-4-6-10-23/h4-6,9-10,20-21,25-26,38H,2-3,7-8,11-19,22H2,1H3,(H,34,41)(H,39,40)/t25-,26-/m0/s1. The second kappa shape index (κ2) is 16.0. The molecule has 2 atom stereocenters. The maximum atomic E-state index is 13.6. The van der Waals surface area contributed by atoms with Crippen LogP contribution in [0, 0.1) is 0 Å². The van der Waals surface area contributed by atoms with Crippen molar-refractivity contribution < 1.29 is 34.1 Å². The Morgan fingerprint density at radius 3 is 2.43 bits per heavy atom. The van der Waals surface area contributed by atoms with E-state index in [1.165, 1.54) is 0 Å². The topological polar surface area (TPSA) is 153 Å². The van der Waals surface area contributed by atoms with E-state index < -0.39 is 36.0 Å². The fourth-order valence-electron chi connectivity index (χ4n) is 5.45. The number of aliphatic hydroxyl groups is 1. The number of β-amino-alcohol motifs (C(OH)–C–C–N with tert-alkyl or cyclic N) is 1. The molecule has 1 aromatic carbocycles. The zero-order chi connectivity index (χ0) is 31.5. The van der Waals surface area contributed by atoms with Gasteiger partial charge in [-0.25, -0.2) is 9.78 Å². The van der Waals surface area contributed by atoms with Crippen molar-refractivity contribution in [2.45, 2.75) is 64.0 Å². The summed E-state index contributed by atoms with van der Waals surface area (Å²) in [6, 6.07) is 11.8. The lowest BCUT2D eigenvalue weighted by atomic mass is 10.1. The first-order valence-electron chi connectivity index (χ1n) is 15.5. The lowest BCUT2D eigenvalue weighted by molar-refractivity contribution is -0.138. The smallest absolute Gasteiger partial charge is 0.409 e. The van der Waals surface area contributed by atoms with E-state index >= 15 is 0 Å². The molecule has 3 heterocycles. The van der Waals surface area contributed by atoms with Crippen LogP contribution in [-0.4, -0.2) is 107 Å². The fourth-order valence-corrected chi connectivity index (χ4v) is 5.45. The summed E-state index contributed by atoms with van der Waals surface area (Å²) >= 11 is 0. The summed E-state index contributed by atoms with van der Waals surface area (Å²) in [5.74, 6) is -2.09. The van der Waals surface area contributed by atoms with E-state index in [1.54, 1.807) is 15.9 Å². The maximum Gasteiger partial charge on any atom is 0.409 e. The number of aromatic nitrogens is 1. The van der Waals surface area contributed by atoms with Crippen LogP contribution >= 0.6 is 0 Å². The normalized spacial score (nSPS) is 17.6. The summed E-state index contributed by atoms with van der Waals surface area (Å²) in [7, 11) is 0. The van der Waals surface area contributed by atoms with Crippen LogP contribution in [0.2, 0.25) is 0 Å². The molecule has 12 nitrogen and oxygen atoms in total. The van der Waals surface area contributed by atoms with Gasteiger partial charge in [-0.1, -0.05) is 50.1 Å². The number of hydrogen-bond acceptors (Lipinski definition) is 8. The molecule has 0 radical (unpaired) electrons. The number of carbonyl (C=O) groups excluding carboxylic acids is 3. The van der Waals surface area contributed by atoms with Gasteiger partial charge in [0.25, 0.3) is 5.91 Å². The molecule has 2 saturated heterocycles. The number of nitrogens with zero attached hydrogens (tertiary/aromatic N) is 4. The zero-order valence-electron chi connectivity index (χ0n) is 25.3. The summed E-state index contributed by atoms with van der Waals surface area (Å²) in [5, 5.41) is 22.3. The second-order valence-electron chi connectivity index (χ2n) is 11.3. The molecule has 0 unspecified atom stereocenters. The van der Waals surface area contributed by atoms with Gasteiger partial charge in [-0.05, 0) is 37.8 Å². The van der Waals surface area contributed by atoms with E-state index in [9.17, 15) is 29.4 Å². The lowest BCUT2D eigenvalue weighted by Crippen LogP contribution is -2.56. The van der Waals surface area contributed by atoms with Gasteiger partial charge in [-0.2, -0.15) is 0 Å². The average molecular weight is 610 g/mol. The molecule has 2 aromatic rings. The molecule has 238 valence electrons. The summed E-state index contributed by atoms with van der Waals surface area (Å²) in [5.41, 5.74) is 2.19. The summed E-state index contributed by atoms with van der Waals surface area (Å²) in [6.07, 6.45) is 3.03. The number of rotatable bonds is 12. The molecule has 0 aliphatic carbocycles. The van der Waals surface area contributed by atoms with Gasteiger partial charge in [-0.3, -0.25) is 14.4 Å².